The Morgan fingerprint density at radius 1 is 1.54 bits per heavy atom. The van der Waals surface area contributed by atoms with Crippen molar-refractivity contribution in [3.63, 3.8) is 0 Å². The summed E-state index contributed by atoms with van der Waals surface area (Å²) < 4.78 is 10.3. The third-order valence-electron chi connectivity index (χ3n) is 2.10. The Hall–Kier alpha value is -1.71. The minimum Gasteiger partial charge on any atom is -0.454 e. The second-order valence-electron chi connectivity index (χ2n) is 2.86. The van der Waals surface area contributed by atoms with E-state index in [9.17, 15) is 4.79 Å². The van der Waals surface area contributed by atoms with E-state index in [0.717, 1.165) is 11.8 Å². The van der Waals surface area contributed by atoms with Gasteiger partial charge in [0, 0.05) is 22.9 Å². The Kier molecular flexibility index (Phi) is 1.62. The van der Waals surface area contributed by atoms with Crippen molar-refractivity contribution in [2.24, 2.45) is 0 Å². The molecule has 0 radical (unpaired) electrons. The second kappa shape index (κ2) is 2.65. The fraction of sp³-hybridized carbons (Fsp3) is 0.222. The van der Waals surface area contributed by atoms with Crippen molar-refractivity contribution in [1.29, 1.82) is 0 Å². The number of fused-ring (bicyclic) bond motifs is 1. The normalized spacial score (nSPS) is 13.0. The van der Waals surface area contributed by atoms with E-state index in [0.29, 0.717) is 22.7 Å². The highest BCUT2D eigenvalue weighted by Gasteiger charge is 2.20. The molecule has 2 rings (SSSR count). The zero-order chi connectivity index (χ0) is 9.42. The fourth-order valence-corrected chi connectivity index (χ4v) is 1.40. The van der Waals surface area contributed by atoms with Crippen LogP contribution in [0.4, 0.5) is 5.69 Å². The lowest BCUT2D eigenvalue weighted by Gasteiger charge is -2.06. The largest absolute Gasteiger partial charge is 0.454 e. The van der Waals surface area contributed by atoms with Gasteiger partial charge in [-0.3, -0.25) is 4.79 Å². The van der Waals surface area contributed by atoms with Gasteiger partial charge < -0.3 is 15.2 Å². The fourth-order valence-electron chi connectivity index (χ4n) is 1.40. The monoisotopic (exact) mass is 179 g/mol. The molecule has 1 heterocycles. The highest BCUT2D eigenvalue weighted by Crippen LogP contribution is 2.39. The molecule has 0 bridgehead atoms. The van der Waals surface area contributed by atoms with Crippen LogP contribution in [-0.4, -0.2) is 13.1 Å². The molecule has 1 aromatic carbocycles. The molecule has 13 heavy (non-hydrogen) atoms. The van der Waals surface area contributed by atoms with Crippen molar-refractivity contribution >= 4 is 12.0 Å². The first-order chi connectivity index (χ1) is 6.24. The lowest BCUT2D eigenvalue weighted by molar-refractivity contribution is 0.112. The van der Waals surface area contributed by atoms with Crippen molar-refractivity contribution in [3.05, 3.63) is 17.2 Å². The molecule has 0 fully saturated rings. The predicted octanol–water partition coefficient (Wildman–Crippen LogP) is 1.12. The SMILES string of the molecule is Cc1c(C=O)c(N)cc2c1OCO2. The van der Waals surface area contributed by atoms with Crippen LogP contribution in [0.3, 0.4) is 0 Å². The lowest BCUT2D eigenvalue weighted by Crippen LogP contribution is -1.97. The Morgan fingerprint density at radius 3 is 3.00 bits per heavy atom. The van der Waals surface area contributed by atoms with Gasteiger partial charge in [0.25, 0.3) is 0 Å². The molecule has 1 aliphatic heterocycles. The highest BCUT2D eigenvalue weighted by atomic mass is 16.7. The van der Waals surface area contributed by atoms with Crippen molar-refractivity contribution < 1.29 is 14.3 Å². The third kappa shape index (κ3) is 1.02. The van der Waals surface area contributed by atoms with Crippen LogP contribution in [0.2, 0.25) is 0 Å². The van der Waals surface area contributed by atoms with Gasteiger partial charge in [0.05, 0.1) is 0 Å². The van der Waals surface area contributed by atoms with Gasteiger partial charge in [-0.05, 0) is 6.92 Å². The van der Waals surface area contributed by atoms with Gasteiger partial charge in [0.1, 0.15) is 0 Å². The standard InChI is InChI=1S/C9H9NO3/c1-5-6(3-11)7(10)2-8-9(5)13-4-12-8/h2-3H,4,10H2,1H3. The number of hydrogen-bond acceptors (Lipinski definition) is 4. The number of aldehydes is 1. The Labute approximate surface area is 75.2 Å². The number of nitrogen functional groups attached to an aromatic ring is 1. The zero-order valence-electron chi connectivity index (χ0n) is 7.16. The summed E-state index contributed by atoms with van der Waals surface area (Å²) in [5.74, 6) is 1.23. The molecule has 0 spiro atoms. The summed E-state index contributed by atoms with van der Waals surface area (Å²) in [6.45, 7) is 1.98. The van der Waals surface area contributed by atoms with E-state index >= 15 is 0 Å². The molecule has 0 amide bonds. The number of hydrogen-bond donors (Lipinski definition) is 1. The van der Waals surface area contributed by atoms with Gasteiger partial charge in [0.15, 0.2) is 17.8 Å². The lowest BCUT2D eigenvalue weighted by atomic mass is 10.1. The van der Waals surface area contributed by atoms with E-state index in [4.69, 9.17) is 15.2 Å². The molecule has 4 heteroatoms. The summed E-state index contributed by atoms with van der Waals surface area (Å²) in [5.41, 5.74) is 7.28. The molecule has 0 unspecified atom stereocenters. The summed E-state index contributed by atoms with van der Waals surface area (Å²) in [6.07, 6.45) is 0.729. The minimum absolute atomic E-state index is 0.192. The van der Waals surface area contributed by atoms with Crippen LogP contribution in [-0.2, 0) is 0 Å². The van der Waals surface area contributed by atoms with E-state index in [1.807, 2.05) is 0 Å². The van der Waals surface area contributed by atoms with Gasteiger partial charge in [-0.15, -0.1) is 0 Å². The van der Waals surface area contributed by atoms with Crippen LogP contribution in [0.15, 0.2) is 6.07 Å². The minimum atomic E-state index is 0.192. The van der Waals surface area contributed by atoms with Gasteiger partial charge in [-0.25, -0.2) is 0 Å². The predicted molar refractivity (Wildman–Crippen MR) is 47.1 cm³/mol. The molecule has 0 atom stereocenters. The molecule has 4 nitrogen and oxygen atoms in total. The maximum atomic E-state index is 10.7. The Balaban J connectivity index is 2.69. The van der Waals surface area contributed by atoms with Crippen LogP contribution < -0.4 is 15.2 Å². The number of benzene rings is 1. The maximum Gasteiger partial charge on any atom is 0.231 e. The summed E-state index contributed by atoms with van der Waals surface area (Å²) in [7, 11) is 0. The van der Waals surface area contributed by atoms with Crippen LogP contribution in [0.5, 0.6) is 11.5 Å². The number of rotatable bonds is 1. The van der Waals surface area contributed by atoms with Crippen LogP contribution in [0, 0.1) is 6.92 Å². The number of nitrogens with two attached hydrogens (primary N) is 1. The Morgan fingerprint density at radius 2 is 2.31 bits per heavy atom. The first-order valence-corrected chi connectivity index (χ1v) is 3.88. The summed E-state index contributed by atoms with van der Waals surface area (Å²) in [4.78, 5) is 10.7. The quantitative estimate of drug-likeness (QED) is 0.518. The molecule has 0 saturated carbocycles. The van der Waals surface area contributed by atoms with Crippen molar-refractivity contribution in [2.75, 3.05) is 12.5 Å². The van der Waals surface area contributed by atoms with Gasteiger partial charge >= 0.3 is 0 Å². The van der Waals surface area contributed by atoms with Crippen molar-refractivity contribution in [2.45, 2.75) is 6.92 Å². The Bertz CT molecular complexity index is 374. The maximum absolute atomic E-state index is 10.7. The molecule has 68 valence electrons. The molecule has 0 saturated heterocycles. The summed E-state index contributed by atoms with van der Waals surface area (Å²) in [5, 5.41) is 0. The average molecular weight is 179 g/mol. The number of carbonyl (C=O) groups excluding carboxylic acids is 1. The van der Waals surface area contributed by atoms with Crippen molar-refractivity contribution in [3.8, 4) is 11.5 Å². The zero-order valence-corrected chi connectivity index (χ0v) is 7.16. The molecular formula is C9H9NO3. The van der Waals surface area contributed by atoms with Gasteiger partial charge in [-0.1, -0.05) is 0 Å². The summed E-state index contributed by atoms with van der Waals surface area (Å²) in [6, 6.07) is 1.61. The molecule has 1 aromatic rings. The summed E-state index contributed by atoms with van der Waals surface area (Å²) >= 11 is 0. The first-order valence-electron chi connectivity index (χ1n) is 3.88. The van der Waals surface area contributed by atoms with E-state index in [2.05, 4.69) is 0 Å². The van der Waals surface area contributed by atoms with Crippen LogP contribution in [0.25, 0.3) is 0 Å². The number of carbonyl (C=O) groups is 1. The van der Waals surface area contributed by atoms with E-state index in [1.54, 1.807) is 13.0 Å². The van der Waals surface area contributed by atoms with Crippen molar-refractivity contribution in [1.82, 2.24) is 0 Å². The number of ether oxygens (including phenoxy) is 2. The second-order valence-corrected chi connectivity index (χ2v) is 2.86. The van der Waals surface area contributed by atoms with Crippen LogP contribution >= 0.6 is 0 Å². The van der Waals surface area contributed by atoms with E-state index in [-0.39, 0.29) is 6.79 Å². The molecular weight excluding hydrogens is 170 g/mol. The number of anilines is 1. The van der Waals surface area contributed by atoms with Crippen LogP contribution in [0.1, 0.15) is 15.9 Å². The van der Waals surface area contributed by atoms with Gasteiger partial charge in [0.2, 0.25) is 6.79 Å². The molecule has 1 aliphatic rings. The van der Waals surface area contributed by atoms with Gasteiger partial charge in [-0.2, -0.15) is 0 Å². The average Bonchev–Trinajstić information content (AvgIpc) is 2.53. The molecule has 2 N–H and O–H groups in total. The highest BCUT2D eigenvalue weighted by molar-refractivity contribution is 5.88. The van der Waals surface area contributed by atoms with E-state index < -0.39 is 0 Å². The third-order valence-corrected chi connectivity index (χ3v) is 2.10. The topological polar surface area (TPSA) is 61.6 Å². The molecule has 0 aromatic heterocycles. The van der Waals surface area contributed by atoms with E-state index in [1.165, 1.54) is 0 Å². The molecule has 0 aliphatic carbocycles. The first kappa shape index (κ1) is 7.91. The smallest absolute Gasteiger partial charge is 0.231 e.